The van der Waals surface area contributed by atoms with Crippen LogP contribution in [0.5, 0.6) is 0 Å². The normalized spacial score (nSPS) is 13.7. The molecule has 0 spiro atoms. The Morgan fingerprint density at radius 2 is 1.29 bits per heavy atom. The van der Waals surface area contributed by atoms with Gasteiger partial charge in [-0.3, -0.25) is 0 Å². The second kappa shape index (κ2) is 9.54. The molecule has 0 saturated carbocycles. The van der Waals surface area contributed by atoms with E-state index in [2.05, 4.69) is 12.1 Å². The number of aliphatic hydroxyl groups excluding tert-OH is 1. The van der Waals surface area contributed by atoms with E-state index in [1.165, 1.54) is 4.46 Å². The van der Waals surface area contributed by atoms with E-state index in [1.807, 2.05) is 85.8 Å². The van der Waals surface area contributed by atoms with Gasteiger partial charge in [0.2, 0.25) is 0 Å². The zero-order valence-corrected chi connectivity index (χ0v) is 18.8. The molecule has 0 radical (unpaired) electrons. The molecule has 3 aromatic rings. The zero-order valence-electron chi connectivity index (χ0n) is 16.2. The third kappa shape index (κ3) is 4.40. The maximum atomic E-state index is 14.7. The number of benzene rings is 3. The summed E-state index contributed by atoms with van der Waals surface area (Å²) in [6.45, 7) is 3.83. The Morgan fingerprint density at radius 1 is 0.857 bits per heavy atom. The van der Waals surface area contributed by atoms with E-state index >= 15 is 0 Å². The van der Waals surface area contributed by atoms with Gasteiger partial charge in [0, 0.05) is 0 Å². The average Bonchev–Trinajstić information content (AvgIpc) is 2.75. The van der Waals surface area contributed by atoms with Crippen molar-refractivity contribution in [3.05, 3.63) is 101 Å². The molecule has 0 aliphatic carbocycles. The van der Waals surface area contributed by atoms with Crippen molar-refractivity contribution in [2.75, 3.05) is 0 Å². The van der Waals surface area contributed by atoms with Crippen LogP contribution >= 0.6 is 7.14 Å². The molecular weight excluding hydrogens is 430 g/mol. The van der Waals surface area contributed by atoms with E-state index in [9.17, 15) is 9.67 Å². The van der Waals surface area contributed by atoms with Crippen LogP contribution in [0.15, 0.2) is 101 Å². The van der Waals surface area contributed by atoms with Crippen LogP contribution in [0.1, 0.15) is 20.3 Å². The van der Waals surface area contributed by atoms with E-state index in [0.29, 0.717) is 6.42 Å². The topological polar surface area (TPSA) is 37.3 Å². The summed E-state index contributed by atoms with van der Waals surface area (Å²) in [5.74, 6) is 0. The van der Waals surface area contributed by atoms with Crippen molar-refractivity contribution in [3.63, 3.8) is 0 Å². The van der Waals surface area contributed by atoms with E-state index in [0.717, 1.165) is 20.4 Å². The average molecular weight is 455 g/mol. The number of hydrogen-bond acceptors (Lipinski definition) is 2. The molecule has 0 bridgehead atoms. The molecule has 1 atom stereocenters. The first-order valence-corrected chi connectivity index (χ1v) is 12.8. The minimum atomic E-state index is -3.05. The molecule has 0 amide bonds. The van der Waals surface area contributed by atoms with Gasteiger partial charge >= 0.3 is 174 Å². The Hall–Kier alpha value is -1.89. The Kier molecular flexibility index (Phi) is 7.10. The van der Waals surface area contributed by atoms with E-state index in [-0.39, 0.29) is 15.0 Å². The monoisotopic (exact) mass is 456 g/mol. The molecule has 144 valence electrons. The Labute approximate surface area is 173 Å². The predicted molar refractivity (Wildman–Crippen MR) is 121 cm³/mol. The summed E-state index contributed by atoms with van der Waals surface area (Å²) in [4.78, 5) is 0. The van der Waals surface area contributed by atoms with Gasteiger partial charge < -0.3 is 0 Å². The number of rotatable bonds is 7. The van der Waals surface area contributed by atoms with Gasteiger partial charge in [0.25, 0.3) is 0 Å². The van der Waals surface area contributed by atoms with Gasteiger partial charge in [-0.2, -0.15) is 0 Å². The molecule has 0 aliphatic rings. The molecule has 3 aromatic carbocycles. The molecule has 0 aliphatic heterocycles. The quantitative estimate of drug-likeness (QED) is 0.432. The number of hydrogen-bond donors (Lipinski definition) is 1. The van der Waals surface area contributed by atoms with Crippen molar-refractivity contribution < 1.29 is 9.67 Å². The Morgan fingerprint density at radius 3 is 1.68 bits per heavy atom. The standard InChI is InChI=1S/C24H25O2PSe/c1-3-23(24(19(2)25)28-22-17-11-6-12-18-22)27(26,20-13-7-4-8-14-20)21-15-9-5-10-16-21/h4-19,25H,3H2,1-2H3/b24-23+. The molecule has 4 heteroatoms. The van der Waals surface area contributed by atoms with Crippen molar-refractivity contribution in [1.82, 2.24) is 0 Å². The predicted octanol–water partition coefficient (Wildman–Crippen LogP) is 4.03. The molecule has 0 aromatic heterocycles. The molecule has 3 rings (SSSR count). The van der Waals surface area contributed by atoms with Gasteiger partial charge in [0.05, 0.1) is 0 Å². The molecule has 2 nitrogen and oxygen atoms in total. The van der Waals surface area contributed by atoms with Gasteiger partial charge in [-0.25, -0.2) is 0 Å². The summed E-state index contributed by atoms with van der Waals surface area (Å²) < 4.78 is 16.8. The van der Waals surface area contributed by atoms with Crippen LogP contribution in [0.3, 0.4) is 0 Å². The summed E-state index contributed by atoms with van der Waals surface area (Å²) in [6.07, 6.45) is -0.00788. The van der Waals surface area contributed by atoms with Gasteiger partial charge in [0.1, 0.15) is 0 Å². The first-order chi connectivity index (χ1) is 13.6. The van der Waals surface area contributed by atoms with Crippen molar-refractivity contribution in [3.8, 4) is 0 Å². The summed E-state index contributed by atoms with van der Waals surface area (Å²) in [5.41, 5.74) is 0. The van der Waals surface area contributed by atoms with Crippen LogP contribution in [-0.2, 0) is 4.57 Å². The Bertz CT molecular complexity index is 924. The van der Waals surface area contributed by atoms with Crippen LogP contribution in [-0.4, -0.2) is 26.2 Å². The molecule has 0 heterocycles. The molecule has 28 heavy (non-hydrogen) atoms. The van der Waals surface area contributed by atoms with E-state index < -0.39 is 13.2 Å². The third-order valence-corrected chi connectivity index (χ3v) is 11.1. The van der Waals surface area contributed by atoms with Crippen LogP contribution < -0.4 is 15.1 Å². The van der Waals surface area contributed by atoms with Crippen molar-refractivity contribution in [2.24, 2.45) is 0 Å². The molecule has 1 unspecified atom stereocenters. The fourth-order valence-electron chi connectivity index (χ4n) is 3.29. The van der Waals surface area contributed by atoms with Crippen LogP contribution in [0.2, 0.25) is 0 Å². The van der Waals surface area contributed by atoms with E-state index in [1.54, 1.807) is 6.92 Å². The summed E-state index contributed by atoms with van der Waals surface area (Å²) in [5, 5.41) is 13.2. The summed E-state index contributed by atoms with van der Waals surface area (Å²) in [7, 11) is -3.05. The molecule has 0 saturated heterocycles. The fourth-order valence-corrected chi connectivity index (χ4v) is 9.44. The molecular formula is C24H25O2PSe. The number of allylic oxidation sites excluding steroid dienone is 1. The SMILES string of the molecule is CC/C(=C(\[Se]c1ccccc1)C(C)O)P(=O)(c1ccccc1)c1ccccc1. The second-order valence-corrected chi connectivity index (χ2v) is 11.7. The van der Waals surface area contributed by atoms with Crippen LogP contribution in [0.25, 0.3) is 0 Å². The molecule has 1 N–H and O–H groups in total. The maximum absolute atomic E-state index is 14.7. The van der Waals surface area contributed by atoms with Crippen molar-refractivity contribution in [1.29, 1.82) is 0 Å². The van der Waals surface area contributed by atoms with Crippen molar-refractivity contribution in [2.45, 2.75) is 26.4 Å². The minimum absolute atomic E-state index is 0.0972. The first-order valence-electron chi connectivity index (χ1n) is 9.43. The number of aliphatic hydroxyl groups is 1. The van der Waals surface area contributed by atoms with Gasteiger partial charge in [-0.15, -0.1) is 0 Å². The van der Waals surface area contributed by atoms with Gasteiger partial charge in [0.15, 0.2) is 0 Å². The second-order valence-electron chi connectivity index (χ2n) is 6.54. The Balaban J connectivity index is 2.26. The van der Waals surface area contributed by atoms with E-state index in [4.69, 9.17) is 0 Å². The molecule has 0 fully saturated rings. The summed E-state index contributed by atoms with van der Waals surface area (Å²) in [6, 6.07) is 29.6. The zero-order chi connectivity index (χ0) is 20.0. The summed E-state index contributed by atoms with van der Waals surface area (Å²) >= 11 is -0.0972. The van der Waals surface area contributed by atoms with Crippen LogP contribution in [0.4, 0.5) is 0 Å². The fraction of sp³-hybridized carbons (Fsp3) is 0.167. The van der Waals surface area contributed by atoms with Gasteiger partial charge in [-0.05, 0) is 0 Å². The third-order valence-electron chi connectivity index (χ3n) is 4.59. The first kappa shape index (κ1) is 20.8. The van der Waals surface area contributed by atoms with Crippen molar-refractivity contribution >= 4 is 37.2 Å². The van der Waals surface area contributed by atoms with Crippen LogP contribution in [0, 0.1) is 0 Å². The van der Waals surface area contributed by atoms with Gasteiger partial charge in [-0.1, -0.05) is 0 Å².